The van der Waals surface area contributed by atoms with Crippen LogP contribution in [-0.2, 0) is 6.54 Å². The summed E-state index contributed by atoms with van der Waals surface area (Å²) in [6.45, 7) is 6.09. The predicted molar refractivity (Wildman–Crippen MR) is 121 cm³/mol. The number of guanidine groups is 1. The van der Waals surface area contributed by atoms with Gasteiger partial charge in [-0.25, -0.2) is 4.99 Å². The molecule has 5 nitrogen and oxygen atoms in total. The number of anilines is 1. The van der Waals surface area contributed by atoms with Crippen LogP contribution in [0.5, 0.6) is 0 Å². The molecular weight excluding hydrogens is 368 g/mol. The van der Waals surface area contributed by atoms with Gasteiger partial charge in [-0.1, -0.05) is 12.1 Å². The van der Waals surface area contributed by atoms with Gasteiger partial charge >= 0.3 is 0 Å². The number of aliphatic hydroxyl groups excluding tert-OH is 1. The summed E-state index contributed by atoms with van der Waals surface area (Å²) in [5.41, 5.74) is 2.52. The van der Waals surface area contributed by atoms with Gasteiger partial charge in [0.25, 0.3) is 0 Å². The normalized spacial score (nSPS) is 23.8. The van der Waals surface area contributed by atoms with Crippen LogP contribution in [0.25, 0.3) is 0 Å². The molecule has 0 aromatic heterocycles. The van der Waals surface area contributed by atoms with Crippen molar-refractivity contribution in [3.05, 3.63) is 29.8 Å². The lowest BCUT2D eigenvalue weighted by Gasteiger charge is -2.32. The van der Waals surface area contributed by atoms with Crippen molar-refractivity contribution in [1.82, 2.24) is 10.6 Å². The number of aliphatic imine (C=N–C) groups is 1. The zero-order valence-electron chi connectivity index (χ0n) is 17.4. The number of nitrogens with zero attached hydrogens (tertiary/aromatic N) is 2. The number of piperidine rings is 1. The summed E-state index contributed by atoms with van der Waals surface area (Å²) in [7, 11) is 0. The molecule has 1 heterocycles. The average Bonchev–Trinajstić information content (AvgIpc) is 3.20. The second-order valence-electron chi connectivity index (χ2n) is 7.99. The van der Waals surface area contributed by atoms with Crippen LogP contribution in [-0.4, -0.2) is 54.9 Å². The fourth-order valence-electron chi connectivity index (χ4n) is 4.15. The molecule has 3 rings (SSSR count). The Morgan fingerprint density at radius 3 is 2.54 bits per heavy atom. The second kappa shape index (κ2) is 11.0. The first kappa shape index (κ1) is 21.3. The zero-order chi connectivity index (χ0) is 19.8. The molecule has 0 radical (unpaired) electrons. The summed E-state index contributed by atoms with van der Waals surface area (Å²) >= 11 is 1.98. The Labute approximate surface area is 174 Å². The summed E-state index contributed by atoms with van der Waals surface area (Å²) < 4.78 is 0. The van der Waals surface area contributed by atoms with E-state index in [1.54, 1.807) is 0 Å². The summed E-state index contributed by atoms with van der Waals surface area (Å²) in [6, 6.07) is 9.36. The minimum absolute atomic E-state index is 0.325. The van der Waals surface area contributed by atoms with Crippen LogP contribution in [0.4, 0.5) is 5.69 Å². The van der Waals surface area contributed by atoms with Crippen molar-refractivity contribution in [3.8, 4) is 0 Å². The molecule has 2 fully saturated rings. The molecule has 156 valence electrons. The summed E-state index contributed by atoms with van der Waals surface area (Å²) in [4.78, 5) is 7.23. The van der Waals surface area contributed by atoms with E-state index in [1.165, 1.54) is 30.5 Å². The van der Waals surface area contributed by atoms with Crippen LogP contribution in [0.15, 0.2) is 29.3 Å². The second-order valence-corrected chi connectivity index (χ2v) is 9.12. The Morgan fingerprint density at radius 1 is 1.18 bits per heavy atom. The van der Waals surface area contributed by atoms with Crippen molar-refractivity contribution in [2.75, 3.05) is 37.4 Å². The maximum absolute atomic E-state index is 9.30. The standard InChI is InChI=1S/C22H36N4OS/c1-3-23-22(25-19-6-9-21(14-19)28-2)24-15-17-4-7-20(8-5-17)26-12-10-18(16-27)11-13-26/h4-5,7-8,18-19,21,27H,3,6,9-16H2,1-2H3,(H2,23,24,25). The number of rotatable bonds is 7. The highest BCUT2D eigenvalue weighted by Gasteiger charge is 2.24. The van der Waals surface area contributed by atoms with Crippen molar-refractivity contribution < 1.29 is 5.11 Å². The van der Waals surface area contributed by atoms with Crippen LogP contribution in [0.2, 0.25) is 0 Å². The van der Waals surface area contributed by atoms with Gasteiger partial charge in [0.1, 0.15) is 0 Å². The lowest BCUT2D eigenvalue weighted by atomic mass is 9.97. The van der Waals surface area contributed by atoms with Crippen LogP contribution in [0.3, 0.4) is 0 Å². The molecule has 1 aliphatic carbocycles. The SMILES string of the molecule is CCNC(=NCc1ccc(N2CCC(CO)CC2)cc1)NC1CCC(SC)C1. The number of nitrogens with one attached hydrogen (secondary N) is 2. The Kier molecular flexibility index (Phi) is 8.34. The molecule has 28 heavy (non-hydrogen) atoms. The molecule has 1 saturated carbocycles. The highest BCUT2D eigenvalue weighted by Crippen LogP contribution is 2.28. The van der Waals surface area contributed by atoms with Gasteiger partial charge in [-0.15, -0.1) is 0 Å². The molecule has 2 atom stereocenters. The van der Waals surface area contributed by atoms with Crippen molar-refractivity contribution in [2.45, 2.75) is 56.9 Å². The first-order valence-corrected chi connectivity index (χ1v) is 12.0. The minimum atomic E-state index is 0.325. The fraction of sp³-hybridized carbons (Fsp3) is 0.682. The van der Waals surface area contributed by atoms with Gasteiger partial charge in [0.2, 0.25) is 0 Å². The quantitative estimate of drug-likeness (QED) is 0.481. The number of thioether (sulfide) groups is 1. The lowest BCUT2D eigenvalue weighted by Crippen LogP contribution is -2.42. The minimum Gasteiger partial charge on any atom is -0.396 e. The molecule has 1 aromatic carbocycles. The molecular formula is C22H36N4OS. The van der Waals surface area contributed by atoms with Crippen molar-refractivity contribution in [3.63, 3.8) is 0 Å². The van der Waals surface area contributed by atoms with E-state index in [4.69, 9.17) is 4.99 Å². The molecule has 6 heteroatoms. The van der Waals surface area contributed by atoms with Gasteiger partial charge in [-0.2, -0.15) is 11.8 Å². The molecule has 0 bridgehead atoms. The van der Waals surface area contributed by atoms with Crippen LogP contribution < -0.4 is 15.5 Å². The largest absolute Gasteiger partial charge is 0.396 e. The zero-order valence-corrected chi connectivity index (χ0v) is 18.2. The van der Waals surface area contributed by atoms with Gasteiger partial charge < -0.3 is 20.6 Å². The van der Waals surface area contributed by atoms with Gasteiger partial charge in [-0.05, 0) is 68.9 Å². The summed E-state index contributed by atoms with van der Waals surface area (Å²) in [5.74, 6) is 1.41. The third-order valence-corrected chi connectivity index (χ3v) is 7.09. The molecule has 0 spiro atoms. The maximum Gasteiger partial charge on any atom is 0.191 e. The number of aliphatic hydroxyl groups is 1. The van der Waals surface area contributed by atoms with Gasteiger partial charge in [0, 0.05) is 43.2 Å². The number of benzene rings is 1. The molecule has 1 saturated heterocycles. The number of hydrogen-bond donors (Lipinski definition) is 3. The first-order valence-electron chi connectivity index (χ1n) is 10.7. The molecule has 2 aliphatic rings. The Bertz CT molecular complexity index is 613. The molecule has 1 aliphatic heterocycles. The van der Waals surface area contributed by atoms with Crippen molar-refractivity contribution >= 4 is 23.4 Å². The highest BCUT2D eigenvalue weighted by molar-refractivity contribution is 7.99. The van der Waals surface area contributed by atoms with E-state index in [9.17, 15) is 5.11 Å². The van der Waals surface area contributed by atoms with Gasteiger partial charge in [0.05, 0.1) is 6.54 Å². The maximum atomic E-state index is 9.30. The van der Waals surface area contributed by atoms with Crippen LogP contribution in [0, 0.1) is 5.92 Å². The summed E-state index contributed by atoms with van der Waals surface area (Å²) in [6.07, 6.45) is 8.14. The Morgan fingerprint density at radius 2 is 1.93 bits per heavy atom. The van der Waals surface area contributed by atoms with E-state index >= 15 is 0 Å². The first-order chi connectivity index (χ1) is 13.7. The van der Waals surface area contributed by atoms with Crippen molar-refractivity contribution in [1.29, 1.82) is 0 Å². The molecule has 1 aromatic rings. The van der Waals surface area contributed by atoms with Crippen LogP contribution in [0.1, 0.15) is 44.6 Å². The molecule has 0 amide bonds. The lowest BCUT2D eigenvalue weighted by molar-refractivity contribution is 0.203. The van der Waals surface area contributed by atoms with Crippen LogP contribution >= 0.6 is 11.8 Å². The van der Waals surface area contributed by atoms with E-state index in [2.05, 4.69) is 53.0 Å². The van der Waals surface area contributed by atoms with Gasteiger partial charge in [0.15, 0.2) is 5.96 Å². The molecule has 2 unspecified atom stereocenters. The number of hydrogen-bond acceptors (Lipinski definition) is 4. The Balaban J connectivity index is 1.53. The third kappa shape index (κ3) is 6.05. The summed E-state index contributed by atoms with van der Waals surface area (Å²) in [5, 5.41) is 17.1. The Hall–Kier alpha value is -1.40. The van der Waals surface area contributed by atoms with Crippen molar-refractivity contribution in [2.24, 2.45) is 10.9 Å². The third-order valence-electron chi connectivity index (χ3n) is 6.00. The average molecular weight is 405 g/mol. The van der Waals surface area contributed by atoms with E-state index < -0.39 is 0 Å². The topological polar surface area (TPSA) is 59.9 Å². The van der Waals surface area contributed by atoms with E-state index in [1.807, 2.05) is 11.8 Å². The smallest absolute Gasteiger partial charge is 0.191 e. The fourth-order valence-corrected chi connectivity index (χ4v) is 4.95. The highest BCUT2D eigenvalue weighted by atomic mass is 32.2. The van der Waals surface area contributed by atoms with Gasteiger partial charge in [-0.3, -0.25) is 0 Å². The molecule has 3 N–H and O–H groups in total. The van der Waals surface area contributed by atoms with E-state index in [0.717, 1.165) is 43.7 Å². The monoisotopic (exact) mass is 404 g/mol. The predicted octanol–water partition coefficient (Wildman–Crippen LogP) is 3.23. The van der Waals surface area contributed by atoms with E-state index in [0.29, 0.717) is 25.1 Å². The van der Waals surface area contributed by atoms with E-state index in [-0.39, 0.29) is 0 Å².